The summed E-state index contributed by atoms with van der Waals surface area (Å²) in [4.78, 5) is 43.5. The Bertz CT molecular complexity index is 1020. The second kappa shape index (κ2) is 10.5. The number of nitro benzene ring substituents is 2. The van der Waals surface area contributed by atoms with Crippen molar-refractivity contribution in [1.82, 2.24) is 0 Å². The Morgan fingerprint density at radius 3 is 1.48 bits per heavy atom. The Hall–Kier alpha value is -3.35. The van der Waals surface area contributed by atoms with Crippen molar-refractivity contribution in [1.29, 1.82) is 0 Å². The van der Waals surface area contributed by atoms with Crippen LogP contribution in [-0.4, -0.2) is 49.0 Å². The van der Waals surface area contributed by atoms with Crippen molar-refractivity contribution < 1.29 is 39.1 Å². The van der Waals surface area contributed by atoms with E-state index in [0.717, 1.165) is 24.3 Å². The number of benzene rings is 2. The molecule has 0 atom stereocenters. The Balaban J connectivity index is 2.80. The molecule has 15 heteroatoms. The highest BCUT2D eigenvalue weighted by Gasteiger charge is 2.44. The molecular weight excluding hydrogens is 511 g/mol. The topological polar surface area (TPSA) is 179 Å². The summed E-state index contributed by atoms with van der Waals surface area (Å²) in [6, 6.07) is 7.04. The molecule has 2 rings (SSSR count). The number of carboxylic acid groups (broad SMARTS) is 2. The lowest BCUT2D eigenvalue weighted by molar-refractivity contribution is -0.387. The number of carboxylic acids is 2. The third kappa shape index (κ3) is 6.34. The fourth-order valence-corrected chi connectivity index (χ4v) is 3.67. The molecule has 0 spiro atoms. The van der Waals surface area contributed by atoms with Crippen LogP contribution in [0.15, 0.2) is 36.4 Å². The third-order valence-corrected chi connectivity index (χ3v) is 4.73. The van der Waals surface area contributed by atoms with Gasteiger partial charge in [0.15, 0.2) is 24.7 Å². The molecule has 0 aliphatic carbocycles. The van der Waals surface area contributed by atoms with Crippen LogP contribution in [-0.2, 0) is 9.59 Å². The van der Waals surface area contributed by atoms with E-state index >= 15 is 0 Å². The van der Waals surface area contributed by atoms with Crippen LogP contribution in [0.2, 0.25) is 0 Å². The van der Waals surface area contributed by atoms with E-state index in [-0.39, 0.29) is 11.1 Å². The van der Waals surface area contributed by atoms with Gasteiger partial charge in [-0.2, -0.15) is 0 Å². The van der Waals surface area contributed by atoms with Gasteiger partial charge < -0.3 is 19.7 Å². The Kier molecular flexibility index (Phi) is 8.25. The first-order valence-corrected chi connectivity index (χ1v) is 9.78. The fourth-order valence-electron chi connectivity index (χ4n) is 2.97. The van der Waals surface area contributed by atoms with Gasteiger partial charge in [0.05, 0.1) is 15.8 Å². The summed E-state index contributed by atoms with van der Waals surface area (Å²) in [6.07, 6.45) is 0. The summed E-state index contributed by atoms with van der Waals surface area (Å²) in [7, 11) is 0. The minimum atomic E-state index is -2.40. The molecule has 0 amide bonds. The zero-order valence-corrected chi connectivity index (χ0v) is 18.4. The molecule has 0 unspecified atom stereocenters. The maximum absolute atomic E-state index is 11.8. The number of ether oxygens (including phenoxy) is 2. The minimum Gasteiger partial charge on any atom is -0.479 e. The molecule has 0 aromatic heterocycles. The van der Waals surface area contributed by atoms with Gasteiger partial charge in [-0.15, -0.1) is 0 Å². The van der Waals surface area contributed by atoms with Crippen molar-refractivity contribution in [3.63, 3.8) is 0 Å². The lowest BCUT2D eigenvalue weighted by Gasteiger charge is -2.25. The number of halogens is 3. The molecule has 176 valence electrons. The van der Waals surface area contributed by atoms with E-state index in [2.05, 4.69) is 0 Å². The molecule has 2 N–H and O–H groups in total. The monoisotopic (exact) mass is 522 g/mol. The molecule has 0 fully saturated rings. The summed E-state index contributed by atoms with van der Waals surface area (Å²) in [6.45, 7) is -1.83. The smallest absolute Gasteiger partial charge is 0.341 e. The van der Waals surface area contributed by atoms with Crippen LogP contribution in [0.1, 0.15) is 17.0 Å². The van der Waals surface area contributed by atoms with Gasteiger partial charge in [-0.05, 0) is 12.1 Å². The van der Waals surface area contributed by atoms with E-state index in [4.69, 9.17) is 54.5 Å². The van der Waals surface area contributed by atoms with E-state index in [1.165, 1.54) is 12.1 Å². The molecule has 0 radical (unpaired) electrons. The number of rotatable bonds is 10. The van der Waals surface area contributed by atoms with Crippen molar-refractivity contribution in [3.8, 4) is 11.5 Å². The SMILES string of the molecule is O=C(O)COc1cccc(C(c2cccc(OCC(=O)O)c2[N+](=O)[O-])C(Cl)(Cl)Cl)c1[N+](=O)[O-]. The van der Waals surface area contributed by atoms with Crippen LogP contribution in [0.3, 0.4) is 0 Å². The van der Waals surface area contributed by atoms with Crippen LogP contribution in [0.25, 0.3) is 0 Å². The number of carbonyl (C=O) groups is 2. The lowest BCUT2D eigenvalue weighted by atomic mass is 9.89. The molecule has 0 bridgehead atoms. The first-order valence-electron chi connectivity index (χ1n) is 8.65. The highest BCUT2D eigenvalue weighted by atomic mass is 35.6. The summed E-state index contributed by atoms with van der Waals surface area (Å²) < 4.78 is 7.55. The summed E-state index contributed by atoms with van der Waals surface area (Å²) in [5.74, 6) is -5.41. The van der Waals surface area contributed by atoms with Gasteiger partial charge in [0.2, 0.25) is 3.79 Å². The number of para-hydroxylation sites is 2. The first-order chi connectivity index (χ1) is 15.3. The average Bonchev–Trinajstić information content (AvgIpc) is 2.69. The van der Waals surface area contributed by atoms with Gasteiger partial charge >= 0.3 is 23.3 Å². The standard InChI is InChI=1S/C18H13Cl3N2O10/c19-18(20,21)15(9-3-1-5-11(16(9)22(28)29)32-7-13(24)25)10-4-2-6-12(17(10)23(30)31)33-8-14(26)27/h1-6,15H,7-8H2,(H,24,25)(H,26,27). The number of aliphatic carboxylic acids is 2. The number of hydrogen-bond acceptors (Lipinski definition) is 8. The second-order valence-corrected chi connectivity index (χ2v) is 8.61. The predicted octanol–water partition coefficient (Wildman–Crippen LogP) is 3.93. The molecule has 0 saturated heterocycles. The van der Waals surface area contributed by atoms with Crippen LogP contribution in [0, 0.1) is 20.2 Å². The van der Waals surface area contributed by atoms with Crippen LogP contribution in [0.4, 0.5) is 11.4 Å². The zero-order chi connectivity index (χ0) is 24.9. The van der Waals surface area contributed by atoms with E-state index < -0.39 is 67.6 Å². The maximum Gasteiger partial charge on any atom is 0.341 e. The van der Waals surface area contributed by atoms with Crippen molar-refractivity contribution in [2.24, 2.45) is 0 Å². The first kappa shape index (κ1) is 25.9. The third-order valence-electron chi connectivity index (χ3n) is 4.08. The maximum atomic E-state index is 11.8. The van der Waals surface area contributed by atoms with Crippen molar-refractivity contribution in [2.45, 2.75) is 9.71 Å². The quantitative estimate of drug-likeness (QED) is 0.263. The van der Waals surface area contributed by atoms with E-state index in [1.807, 2.05) is 0 Å². The second-order valence-electron chi connectivity index (χ2n) is 6.24. The molecule has 0 heterocycles. The number of hydrogen-bond donors (Lipinski definition) is 2. The van der Waals surface area contributed by atoms with Gasteiger partial charge in [-0.1, -0.05) is 59.1 Å². The Labute approximate surface area is 199 Å². The molecule has 2 aromatic rings. The number of alkyl halides is 3. The van der Waals surface area contributed by atoms with E-state index in [0.29, 0.717) is 0 Å². The van der Waals surface area contributed by atoms with Crippen molar-refractivity contribution in [2.75, 3.05) is 13.2 Å². The van der Waals surface area contributed by atoms with Crippen molar-refractivity contribution >= 4 is 58.1 Å². The van der Waals surface area contributed by atoms with Gasteiger partial charge in [-0.3, -0.25) is 20.2 Å². The zero-order valence-electron chi connectivity index (χ0n) is 16.1. The highest BCUT2D eigenvalue weighted by Crippen LogP contribution is 2.53. The molecule has 33 heavy (non-hydrogen) atoms. The average molecular weight is 524 g/mol. The molecule has 0 saturated carbocycles. The molecule has 0 aliphatic heterocycles. The van der Waals surface area contributed by atoms with E-state index in [9.17, 15) is 29.8 Å². The van der Waals surface area contributed by atoms with E-state index in [1.54, 1.807) is 0 Å². The van der Waals surface area contributed by atoms with Crippen LogP contribution < -0.4 is 9.47 Å². The van der Waals surface area contributed by atoms with Gasteiger partial charge in [-0.25, -0.2) is 9.59 Å². The van der Waals surface area contributed by atoms with Crippen LogP contribution >= 0.6 is 34.8 Å². The van der Waals surface area contributed by atoms with Gasteiger partial charge in [0.25, 0.3) is 0 Å². The number of nitrogens with zero attached hydrogens (tertiary/aromatic N) is 2. The van der Waals surface area contributed by atoms with Gasteiger partial charge in [0.1, 0.15) is 0 Å². The van der Waals surface area contributed by atoms with Crippen LogP contribution in [0.5, 0.6) is 11.5 Å². The minimum absolute atomic E-state index is 0.332. The highest BCUT2D eigenvalue weighted by molar-refractivity contribution is 6.68. The molecule has 2 aromatic carbocycles. The Morgan fingerprint density at radius 1 is 0.848 bits per heavy atom. The fraction of sp³-hybridized carbons (Fsp3) is 0.222. The molecule has 12 nitrogen and oxygen atoms in total. The number of nitro groups is 2. The van der Waals surface area contributed by atoms with Gasteiger partial charge in [0, 0.05) is 11.1 Å². The molecule has 0 aliphatic rings. The predicted molar refractivity (Wildman–Crippen MR) is 115 cm³/mol. The lowest BCUT2D eigenvalue weighted by Crippen LogP contribution is -2.22. The summed E-state index contributed by atoms with van der Waals surface area (Å²) >= 11 is 18.3. The largest absolute Gasteiger partial charge is 0.479 e. The Morgan fingerprint density at radius 2 is 1.21 bits per heavy atom. The normalized spacial score (nSPS) is 11.2. The molecular formula is C18H13Cl3N2O10. The van der Waals surface area contributed by atoms with Crippen molar-refractivity contribution in [3.05, 3.63) is 67.8 Å². The summed E-state index contributed by atoms with van der Waals surface area (Å²) in [5.41, 5.74) is -2.22. The summed E-state index contributed by atoms with van der Waals surface area (Å²) in [5, 5.41) is 41.3.